The molecule has 0 saturated heterocycles. The summed E-state index contributed by atoms with van der Waals surface area (Å²) in [5.41, 5.74) is 4.51. The average Bonchev–Trinajstić information content (AvgIpc) is 3.02. The molecule has 1 aromatic carbocycles. The zero-order valence-electron chi connectivity index (χ0n) is 12.8. The molecule has 1 aromatic heterocycles. The van der Waals surface area contributed by atoms with Gasteiger partial charge in [-0.3, -0.25) is 4.79 Å². The lowest BCUT2D eigenvalue weighted by Gasteiger charge is -2.15. The van der Waals surface area contributed by atoms with Crippen molar-refractivity contribution in [2.24, 2.45) is 0 Å². The first kappa shape index (κ1) is 15.0. The smallest absolute Gasteiger partial charge is 0.254 e. The van der Waals surface area contributed by atoms with E-state index >= 15 is 0 Å². The summed E-state index contributed by atoms with van der Waals surface area (Å²) in [6, 6.07) is 6.50. The topological polar surface area (TPSA) is 54.9 Å². The third kappa shape index (κ3) is 3.14. The number of hydrogen-bond acceptors (Lipinski definition) is 4. The molecule has 0 fully saturated rings. The van der Waals surface area contributed by atoms with Crippen LogP contribution in [0.15, 0.2) is 35.7 Å². The van der Waals surface area contributed by atoms with E-state index in [2.05, 4.69) is 33.5 Å². The number of carbonyl (C=O) groups excluding carboxylic acids is 1. The molecular weight excluding hydrogens is 294 g/mol. The van der Waals surface area contributed by atoms with Crippen molar-refractivity contribution in [2.45, 2.75) is 37.4 Å². The number of carbonyl (C=O) groups is 1. The van der Waals surface area contributed by atoms with Crippen LogP contribution in [0.3, 0.4) is 0 Å². The summed E-state index contributed by atoms with van der Waals surface area (Å²) in [5.74, 6) is -0.138. The monoisotopic (exact) mass is 313 g/mol. The molecule has 4 nitrogen and oxygen atoms in total. The fourth-order valence-corrected chi connectivity index (χ4v) is 3.08. The molecule has 0 saturated carbocycles. The molecule has 1 atom stereocenters. The van der Waals surface area contributed by atoms with Gasteiger partial charge in [-0.2, -0.15) is 0 Å². The molecule has 2 aromatic rings. The number of nitrogens with zero attached hydrogens (tertiary/aromatic N) is 2. The van der Waals surface area contributed by atoms with Gasteiger partial charge in [0, 0.05) is 12.4 Å². The Morgan fingerprint density at radius 2 is 1.95 bits per heavy atom. The first-order valence-corrected chi connectivity index (χ1v) is 8.68. The van der Waals surface area contributed by atoms with E-state index in [9.17, 15) is 4.79 Å². The van der Waals surface area contributed by atoms with E-state index in [1.165, 1.54) is 35.7 Å². The minimum atomic E-state index is -0.138. The van der Waals surface area contributed by atoms with Gasteiger partial charge in [0.1, 0.15) is 0 Å². The van der Waals surface area contributed by atoms with Gasteiger partial charge < -0.3 is 5.32 Å². The van der Waals surface area contributed by atoms with Gasteiger partial charge in [0.15, 0.2) is 5.16 Å². The van der Waals surface area contributed by atoms with E-state index in [-0.39, 0.29) is 11.9 Å². The highest BCUT2D eigenvalue weighted by Gasteiger charge is 2.16. The van der Waals surface area contributed by atoms with E-state index in [0.717, 1.165) is 12.0 Å². The Morgan fingerprint density at radius 1 is 1.23 bits per heavy atom. The van der Waals surface area contributed by atoms with Crippen LogP contribution in [0.2, 0.25) is 0 Å². The van der Waals surface area contributed by atoms with Crippen LogP contribution >= 0.6 is 11.8 Å². The zero-order chi connectivity index (χ0) is 15.5. The van der Waals surface area contributed by atoms with Crippen LogP contribution in [-0.2, 0) is 12.8 Å². The maximum Gasteiger partial charge on any atom is 0.254 e. The molecule has 1 amide bonds. The van der Waals surface area contributed by atoms with Gasteiger partial charge >= 0.3 is 0 Å². The van der Waals surface area contributed by atoms with Crippen LogP contribution in [0, 0.1) is 0 Å². The Kier molecular flexibility index (Phi) is 4.43. The molecule has 1 heterocycles. The van der Waals surface area contributed by atoms with E-state index < -0.39 is 0 Å². The molecule has 114 valence electrons. The SMILES string of the molecule is CSc1ncc(C(=O)NC(C)c2ccc3c(c2)CCC3)cn1. The number of hydrogen-bond donors (Lipinski definition) is 1. The van der Waals surface area contributed by atoms with Crippen molar-refractivity contribution < 1.29 is 4.79 Å². The number of nitrogens with one attached hydrogen (secondary N) is 1. The Bertz CT molecular complexity index is 685. The molecule has 1 aliphatic rings. The highest BCUT2D eigenvalue weighted by Crippen LogP contribution is 2.25. The predicted molar refractivity (Wildman–Crippen MR) is 88.2 cm³/mol. The second kappa shape index (κ2) is 6.48. The van der Waals surface area contributed by atoms with Crippen LogP contribution < -0.4 is 5.32 Å². The molecular formula is C17H19N3OS. The number of benzene rings is 1. The maximum absolute atomic E-state index is 12.3. The molecule has 5 heteroatoms. The lowest BCUT2D eigenvalue weighted by atomic mass is 10.0. The Balaban J connectivity index is 1.70. The first-order valence-electron chi connectivity index (χ1n) is 7.46. The minimum Gasteiger partial charge on any atom is -0.345 e. The third-order valence-corrected chi connectivity index (χ3v) is 4.62. The molecule has 3 rings (SSSR count). The van der Waals surface area contributed by atoms with Crippen LogP contribution in [-0.4, -0.2) is 22.1 Å². The largest absolute Gasteiger partial charge is 0.345 e. The predicted octanol–water partition coefficient (Wildman–Crippen LogP) is 3.18. The van der Waals surface area contributed by atoms with E-state index in [4.69, 9.17) is 0 Å². The normalized spacial score (nSPS) is 14.5. The second-order valence-electron chi connectivity index (χ2n) is 5.54. The van der Waals surface area contributed by atoms with Crippen molar-refractivity contribution in [1.82, 2.24) is 15.3 Å². The summed E-state index contributed by atoms with van der Waals surface area (Å²) < 4.78 is 0. The molecule has 0 radical (unpaired) electrons. The van der Waals surface area contributed by atoms with Gasteiger partial charge in [-0.25, -0.2) is 9.97 Å². The Hall–Kier alpha value is -1.88. The van der Waals surface area contributed by atoms with Crippen molar-refractivity contribution in [3.8, 4) is 0 Å². The second-order valence-corrected chi connectivity index (χ2v) is 6.31. The van der Waals surface area contributed by atoms with Crippen LogP contribution in [0.25, 0.3) is 0 Å². The van der Waals surface area contributed by atoms with Crippen molar-refractivity contribution in [1.29, 1.82) is 0 Å². The van der Waals surface area contributed by atoms with Crippen LogP contribution in [0.1, 0.15) is 46.4 Å². The van der Waals surface area contributed by atoms with E-state index in [1.807, 2.05) is 13.2 Å². The fourth-order valence-electron chi connectivity index (χ4n) is 2.76. The van der Waals surface area contributed by atoms with Gasteiger partial charge in [0.05, 0.1) is 11.6 Å². The summed E-state index contributed by atoms with van der Waals surface area (Å²) in [5, 5.41) is 3.69. The molecule has 0 spiro atoms. The van der Waals surface area contributed by atoms with Gasteiger partial charge in [-0.05, 0) is 49.1 Å². The summed E-state index contributed by atoms with van der Waals surface area (Å²) >= 11 is 1.46. The van der Waals surface area contributed by atoms with E-state index in [0.29, 0.717) is 10.7 Å². The highest BCUT2D eigenvalue weighted by molar-refractivity contribution is 7.98. The summed E-state index contributed by atoms with van der Waals surface area (Å²) in [6.07, 6.45) is 8.61. The van der Waals surface area contributed by atoms with Crippen molar-refractivity contribution >= 4 is 17.7 Å². The molecule has 0 bridgehead atoms. The van der Waals surface area contributed by atoms with Gasteiger partial charge in [0.25, 0.3) is 5.91 Å². The summed E-state index contributed by atoms with van der Waals surface area (Å²) in [7, 11) is 0. The van der Waals surface area contributed by atoms with Gasteiger partial charge in [0.2, 0.25) is 0 Å². The maximum atomic E-state index is 12.3. The molecule has 1 aliphatic carbocycles. The lowest BCUT2D eigenvalue weighted by molar-refractivity contribution is 0.0939. The van der Waals surface area contributed by atoms with E-state index in [1.54, 1.807) is 12.4 Å². The molecule has 1 unspecified atom stereocenters. The van der Waals surface area contributed by atoms with Crippen molar-refractivity contribution in [3.05, 3.63) is 52.8 Å². The Morgan fingerprint density at radius 3 is 2.68 bits per heavy atom. The van der Waals surface area contributed by atoms with Crippen molar-refractivity contribution in [2.75, 3.05) is 6.26 Å². The molecule has 0 aliphatic heterocycles. The number of aromatic nitrogens is 2. The fraction of sp³-hybridized carbons (Fsp3) is 0.353. The van der Waals surface area contributed by atoms with Crippen molar-refractivity contribution in [3.63, 3.8) is 0 Å². The van der Waals surface area contributed by atoms with Gasteiger partial charge in [-0.1, -0.05) is 30.0 Å². The number of thioether (sulfide) groups is 1. The van der Waals surface area contributed by atoms with Crippen LogP contribution in [0.4, 0.5) is 0 Å². The number of aryl methyl sites for hydroxylation is 2. The summed E-state index contributed by atoms with van der Waals surface area (Å²) in [4.78, 5) is 20.5. The standard InChI is InChI=1S/C17H19N3OS/c1-11(13-7-6-12-4-3-5-14(12)8-13)20-16(21)15-9-18-17(22-2)19-10-15/h6-11H,3-5H2,1-2H3,(H,20,21). The number of amides is 1. The quantitative estimate of drug-likeness (QED) is 0.696. The number of fused-ring (bicyclic) bond motifs is 1. The third-order valence-electron chi connectivity index (χ3n) is 4.04. The lowest BCUT2D eigenvalue weighted by Crippen LogP contribution is -2.27. The molecule has 1 N–H and O–H groups in total. The zero-order valence-corrected chi connectivity index (χ0v) is 13.6. The highest BCUT2D eigenvalue weighted by atomic mass is 32.2. The minimum absolute atomic E-state index is 0.0290. The Labute approximate surface area is 134 Å². The first-order chi connectivity index (χ1) is 10.7. The number of rotatable bonds is 4. The summed E-state index contributed by atoms with van der Waals surface area (Å²) in [6.45, 7) is 2.01. The molecule has 22 heavy (non-hydrogen) atoms. The average molecular weight is 313 g/mol. The van der Waals surface area contributed by atoms with Gasteiger partial charge in [-0.15, -0.1) is 0 Å². The van der Waals surface area contributed by atoms with Crippen LogP contribution in [0.5, 0.6) is 0 Å².